The number of halogens is 1. The number of amides is 1. The van der Waals surface area contributed by atoms with Crippen LogP contribution in [0.15, 0.2) is 12.1 Å². The van der Waals surface area contributed by atoms with Crippen molar-refractivity contribution < 1.29 is 19.4 Å². The van der Waals surface area contributed by atoms with Gasteiger partial charge in [0.15, 0.2) is 5.69 Å². The first-order valence-corrected chi connectivity index (χ1v) is 6.31. The van der Waals surface area contributed by atoms with Gasteiger partial charge < -0.3 is 20.5 Å². The molecule has 1 aromatic rings. The minimum Gasteiger partial charge on any atom is -0.476 e. The largest absolute Gasteiger partial charge is 0.476 e. The second-order valence-electron chi connectivity index (χ2n) is 3.85. The van der Waals surface area contributed by atoms with Gasteiger partial charge in [-0.2, -0.15) is 0 Å². The molecule has 0 aromatic carbocycles. The molecular weight excluding hydrogens is 286 g/mol. The molecule has 0 bridgehead atoms. The summed E-state index contributed by atoms with van der Waals surface area (Å²) in [6, 6.07) is 3.00. The highest BCUT2D eigenvalue weighted by atomic mass is 35.5. The van der Waals surface area contributed by atoms with Crippen LogP contribution in [0.25, 0.3) is 0 Å². The van der Waals surface area contributed by atoms with E-state index < -0.39 is 5.97 Å². The maximum atomic E-state index is 11.4. The molecule has 1 amide bonds. The Bertz CT molecular complexity index is 482. The summed E-state index contributed by atoms with van der Waals surface area (Å²) < 4.78 is 4.80. The molecule has 1 heterocycles. The van der Waals surface area contributed by atoms with Crippen molar-refractivity contribution >= 4 is 29.3 Å². The van der Waals surface area contributed by atoms with Crippen LogP contribution < -0.4 is 10.6 Å². The topological polar surface area (TPSA) is 101 Å². The van der Waals surface area contributed by atoms with Crippen LogP contribution in [0.5, 0.6) is 0 Å². The van der Waals surface area contributed by atoms with Gasteiger partial charge in [-0.15, -0.1) is 0 Å². The van der Waals surface area contributed by atoms with Crippen LogP contribution in [0.3, 0.4) is 0 Å². The molecule has 0 unspecified atom stereocenters. The Morgan fingerprint density at radius 2 is 2.15 bits per heavy atom. The zero-order chi connectivity index (χ0) is 15.0. The van der Waals surface area contributed by atoms with Crippen molar-refractivity contribution in [1.82, 2.24) is 10.3 Å². The molecule has 1 rings (SSSR count). The van der Waals surface area contributed by atoms with E-state index in [9.17, 15) is 9.59 Å². The SMILES string of the molecule is COCCNC(=O)CCNc1ccc(Cl)c(C(=O)O)n1. The molecule has 8 heteroatoms. The predicted molar refractivity (Wildman–Crippen MR) is 74.2 cm³/mol. The van der Waals surface area contributed by atoms with Crippen LogP contribution in [-0.4, -0.2) is 48.8 Å². The van der Waals surface area contributed by atoms with Crippen LogP contribution in [0.2, 0.25) is 5.02 Å². The molecule has 0 saturated heterocycles. The number of rotatable bonds is 8. The van der Waals surface area contributed by atoms with Gasteiger partial charge in [0.25, 0.3) is 0 Å². The number of anilines is 1. The number of nitrogens with one attached hydrogen (secondary N) is 2. The first-order valence-electron chi connectivity index (χ1n) is 5.94. The van der Waals surface area contributed by atoms with Crippen molar-refractivity contribution in [2.45, 2.75) is 6.42 Å². The lowest BCUT2D eigenvalue weighted by Gasteiger charge is -2.07. The normalized spacial score (nSPS) is 10.1. The van der Waals surface area contributed by atoms with E-state index in [1.54, 1.807) is 13.2 Å². The fraction of sp³-hybridized carbons (Fsp3) is 0.417. The second-order valence-corrected chi connectivity index (χ2v) is 4.26. The Balaban J connectivity index is 2.40. The number of methoxy groups -OCH3 is 1. The van der Waals surface area contributed by atoms with Gasteiger partial charge in [-0.3, -0.25) is 4.79 Å². The molecule has 110 valence electrons. The molecular formula is C12H16ClN3O4. The fourth-order valence-electron chi connectivity index (χ4n) is 1.38. The first-order chi connectivity index (χ1) is 9.54. The van der Waals surface area contributed by atoms with Crippen molar-refractivity contribution in [2.24, 2.45) is 0 Å². The van der Waals surface area contributed by atoms with Crippen molar-refractivity contribution in [3.63, 3.8) is 0 Å². The number of nitrogens with zero attached hydrogens (tertiary/aromatic N) is 1. The fourth-order valence-corrected chi connectivity index (χ4v) is 1.56. The van der Waals surface area contributed by atoms with Crippen molar-refractivity contribution in [1.29, 1.82) is 0 Å². The van der Waals surface area contributed by atoms with E-state index in [2.05, 4.69) is 15.6 Å². The van der Waals surface area contributed by atoms with Crippen molar-refractivity contribution in [3.05, 3.63) is 22.8 Å². The average Bonchev–Trinajstić information content (AvgIpc) is 2.40. The van der Waals surface area contributed by atoms with E-state index in [1.165, 1.54) is 6.07 Å². The molecule has 0 aliphatic rings. The van der Waals surface area contributed by atoms with Crippen LogP contribution >= 0.6 is 11.6 Å². The highest BCUT2D eigenvalue weighted by molar-refractivity contribution is 6.33. The minimum absolute atomic E-state index is 0.0698. The van der Waals surface area contributed by atoms with Crippen LogP contribution in [-0.2, 0) is 9.53 Å². The number of carbonyl (C=O) groups is 2. The van der Waals surface area contributed by atoms with Gasteiger partial charge in [0, 0.05) is 26.6 Å². The molecule has 0 atom stereocenters. The van der Waals surface area contributed by atoms with Crippen LogP contribution in [0.4, 0.5) is 5.82 Å². The number of ether oxygens (including phenoxy) is 1. The Kier molecular flexibility index (Phi) is 6.75. The number of carboxylic acid groups (broad SMARTS) is 1. The molecule has 0 saturated carbocycles. The number of pyridine rings is 1. The molecule has 1 aromatic heterocycles. The summed E-state index contributed by atoms with van der Waals surface area (Å²) in [6.07, 6.45) is 0.246. The van der Waals surface area contributed by atoms with E-state index in [4.69, 9.17) is 21.4 Å². The summed E-state index contributed by atoms with van der Waals surface area (Å²) in [5.41, 5.74) is -0.221. The van der Waals surface area contributed by atoms with Gasteiger partial charge >= 0.3 is 5.97 Å². The molecule has 7 nitrogen and oxygen atoms in total. The smallest absolute Gasteiger partial charge is 0.356 e. The Hall–Kier alpha value is -1.86. The van der Waals surface area contributed by atoms with E-state index >= 15 is 0 Å². The summed E-state index contributed by atoms with van der Waals surface area (Å²) in [5, 5.41) is 14.5. The van der Waals surface area contributed by atoms with Gasteiger partial charge in [-0.1, -0.05) is 11.6 Å². The maximum Gasteiger partial charge on any atom is 0.356 e. The lowest BCUT2D eigenvalue weighted by atomic mass is 10.3. The van der Waals surface area contributed by atoms with E-state index in [1.807, 2.05) is 0 Å². The summed E-state index contributed by atoms with van der Waals surface area (Å²) in [4.78, 5) is 26.1. The van der Waals surface area contributed by atoms with Gasteiger partial charge in [-0.05, 0) is 12.1 Å². The van der Waals surface area contributed by atoms with Crippen LogP contribution in [0, 0.1) is 0 Å². The number of aromatic carboxylic acids is 1. The Morgan fingerprint density at radius 1 is 1.40 bits per heavy atom. The molecule has 0 aliphatic heterocycles. The zero-order valence-corrected chi connectivity index (χ0v) is 11.7. The minimum atomic E-state index is -1.20. The molecule has 0 radical (unpaired) electrons. The summed E-state index contributed by atoms with van der Waals surface area (Å²) in [5.74, 6) is -0.963. The zero-order valence-electron chi connectivity index (χ0n) is 11.0. The average molecular weight is 302 g/mol. The number of carboxylic acids is 1. The third-order valence-corrected chi connectivity index (χ3v) is 2.64. The summed E-state index contributed by atoms with van der Waals surface area (Å²) in [6.45, 7) is 1.25. The van der Waals surface area contributed by atoms with E-state index in [0.29, 0.717) is 25.5 Å². The molecule has 0 spiro atoms. The third-order valence-electron chi connectivity index (χ3n) is 2.34. The third kappa shape index (κ3) is 5.41. The lowest BCUT2D eigenvalue weighted by Crippen LogP contribution is -2.28. The van der Waals surface area contributed by atoms with Crippen molar-refractivity contribution in [2.75, 3.05) is 32.1 Å². The highest BCUT2D eigenvalue weighted by Crippen LogP contribution is 2.16. The van der Waals surface area contributed by atoms with Gasteiger partial charge in [-0.25, -0.2) is 9.78 Å². The summed E-state index contributed by atoms with van der Waals surface area (Å²) >= 11 is 5.70. The monoisotopic (exact) mass is 301 g/mol. The lowest BCUT2D eigenvalue weighted by molar-refractivity contribution is -0.121. The Morgan fingerprint density at radius 3 is 2.80 bits per heavy atom. The van der Waals surface area contributed by atoms with Gasteiger partial charge in [0.05, 0.1) is 11.6 Å². The number of aromatic nitrogens is 1. The predicted octanol–water partition coefficient (Wildman–Crippen LogP) is 0.998. The molecule has 20 heavy (non-hydrogen) atoms. The first kappa shape index (κ1) is 16.2. The maximum absolute atomic E-state index is 11.4. The molecule has 0 aliphatic carbocycles. The molecule has 0 fully saturated rings. The van der Waals surface area contributed by atoms with Crippen molar-refractivity contribution in [3.8, 4) is 0 Å². The standard InChI is InChI=1S/C12H16ClN3O4/c1-20-7-6-15-10(17)4-5-14-9-3-2-8(13)11(16-9)12(18)19/h2-3H,4-7H2,1H3,(H,14,16)(H,15,17)(H,18,19). The quantitative estimate of drug-likeness (QED) is 0.619. The highest BCUT2D eigenvalue weighted by Gasteiger charge is 2.11. The number of hydrogen-bond acceptors (Lipinski definition) is 5. The van der Waals surface area contributed by atoms with E-state index in [0.717, 1.165) is 0 Å². The van der Waals surface area contributed by atoms with Gasteiger partial charge in [0.2, 0.25) is 5.91 Å². The summed E-state index contributed by atoms with van der Waals surface area (Å²) in [7, 11) is 1.56. The second kappa shape index (κ2) is 8.34. The van der Waals surface area contributed by atoms with E-state index in [-0.39, 0.29) is 23.0 Å². The Labute approximate surface area is 121 Å². The molecule has 3 N–H and O–H groups in total. The van der Waals surface area contributed by atoms with Gasteiger partial charge in [0.1, 0.15) is 5.82 Å². The number of carbonyl (C=O) groups excluding carboxylic acids is 1. The van der Waals surface area contributed by atoms with Crippen LogP contribution in [0.1, 0.15) is 16.9 Å². The number of hydrogen-bond donors (Lipinski definition) is 3.